The van der Waals surface area contributed by atoms with Crippen LogP contribution in [0.5, 0.6) is 5.75 Å². The number of nitrogens with one attached hydrogen (secondary N) is 2. The van der Waals surface area contributed by atoms with Gasteiger partial charge in [-0.1, -0.05) is 18.6 Å². The van der Waals surface area contributed by atoms with Gasteiger partial charge in [-0.05, 0) is 55.7 Å². The summed E-state index contributed by atoms with van der Waals surface area (Å²) < 4.78 is 5.20. The van der Waals surface area contributed by atoms with Crippen molar-refractivity contribution in [2.45, 2.75) is 44.6 Å². The van der Waals surface area contributed by atoms with Crippen LogP contribution in [0, 0.1) is 5.92 Å². The lowest BCUT2D eigenvalue weighted by Gasteiger charge is -2.25. The van der Waals surface area contributed by atoms with Gasteiger partial charge in [0.25, 0.3) is 0 Å². The molecule has 1 aromatic carbocycles. The molecule has 0 heterocycles. The van der Waals surface area contributed by atoms with Crippen LogP contribution < -0.4 is 15.4 Å². The Kier molecular flexibility index (Phi) is 7.20. The van der Waals surface area contributed by atoms with E-state index in [4.69, 9.17) is 4.74 Å². The Morgan fingerprint density at radius 2 is 2.22 bits per heavy atom. The summed E-state index contributed by atoms with van der Waals surface area (Å²) in [5.74, 6) is 1.27. The quantitative estimate of drug-likeness (QED) is 0.676. The van der Waals surface area contributed by atoms with Crippen molar-refractivity contribution in [3.8, 4) is 5.75 Å². The van der Waals surface area contributed by atoms with Crippen molar-refractivity contribution in [2.75, 3.05) is 20.2 Å². The summed E-state index contributed by atoms with van der Waals surface area (Å²) in [6.45, 7) is 1.30. The number of carbonyl (C=O) groups excluding carboxylic acids is 1. The minimum absolute atomic E-state index is 0.115. The highest BCUT2D eigenvalue weighted by molar-refractivity contribution is 5.73. The Hall–Kier alpha value is -1.75. The van der Waals surface area contributed by atoms with Gasteiger partial charge in [0.2, 0.25) is 0 Å². The van der Waals surface area contributed by atoms with Crippen molar-refractivity contribution in [1.29, 1.82) is 0 Å². The van der Waals surface area contributed by atoms with Crippen molar-refractivity contribution < 1.29 is 14.6 Å². The highest BCUT2D eigenvalue weighted by atomic mass is 16.5. The molecule has 5 nitrogen and oxygen atoms in total. The second-order valence-corrected chi connectivity index (χ2v) is 6.28. The molecule has 5 heteroatoms. The summed E-state index contributed by atoms with van der Waals surface area (Å²) in [5.41, 5.74) is 1.21. The number of aliphatic hydroxyl groups is 1. The lowest BCUT2D eigenvalue weighted by atomic mass is 9.87. The van der Waals surface area contributed by atoms with Gasteiger partial charge in [-0.2, -0.15) is 0 Å². The van der Waals surface area contributed by atoms with E-state index in [1.807, 2.05) is 18.2 Å². The van der Waals surface area contributed by atoms with Crippen molar-refractivity contribution >= 4 is 6.03 Å². The van der Waals surface area contributed by atoms with Gasteiger partial charge in [0.05, 0.1) is 13.2 Å². The first-order chi connectivity index (χ1) is 11.2. The number of urea groups is 1. The summed E-state index contributed by atoms with van der Waals surface area (Å²) in [5, 5.41) is 15.4. The van der Waals surface area contributed by atoms with Crippen LogP contribution >= 0.6 is 0 Å². The summed E-state index contributed by atoms with van der Waals surface area (Å²) in [4.78, 5) is 11.8. The lowest BCUT2D eigenvalue weighted by Crippen LogP contribution is -2.40. The van der Waals surface area contributed by atoms with Crippen LogP contribution in [0.1, 0.15) is 37.7 Å². The van der Waals surface area contributed by atoms with E-state index in [1.165, 1.54) is 5.56 Å². The number of amides is 2. The zero-order chi connectivity index (χ0) is 16.5. The molecular weight excluding hydrogens is 292 g/mol. The van der Waals surface area contributed by atoms with Gasteiger partial charge in [-0.25, -0.2) is 4.79 Å². The molecule has 1 aliphatic rings. The fourth-order valence-corrected chi connectivity index (χ4v) is 3.07. The van der Waals surface area contributed by atoms with Crippen LogP contribution in [0.3, 0.4) is 0 Å². The van der Waals surface area contributed by atoms with E-state index in [1.54, 1.807) is 7.11 Å². The molecule has 1 aliphatic carbocycles. The first-order valence-electron chi connectivity index (χ1n) is 8.50. The number of hydrogen-bond acceptors (Lipinski definition) is 3. The monoisotopic (exact) mass is 320 g/mol. The highest BCUT2D eigenvalue weighted by Gasteiger charge is 2.20. The fraction of sp³-hybridized carbons (Fsp3) is 0.611. The molecule has 2 rings (SSSR count). The van der Waals surface area contributed by atoms with Crippen molar-refractivity contribution in [1.82, 2.24) is 10.6 Å². The third-order valence-electron chi connectivity index (χ3n) is 4.37. The summed E-state index contributed by atoms with van der Waals surface area (Å²) in [7, 11) is 1.66. The van der Waals surface area contributed by atoms with Crippen LogP contribution in [0.4, 0.5) is 4.79 Å². The Labute approximate surface area is 138 Å². The van der Waals surface area contributed by atoms with Gasteiger partial charge in [0, 0.05) is 13.1 Å². The second kappa shape index (κ2) is 9.40. The Morgan fingerprint density at radius 3 is 3.00 bits per heavy atom. The molecule has 0 saturated heterocycles. The normalized spacial score (nSPS) is 20.8. The van der Waals surface area contributed by atoms with E-state index in [9.17, 15) is 9.90 Å². The van der Waals surface area contributed by atoms with E-state index in [0.29, 0.717) is 19.0 Å². The number of ether oxygens (including phenoxy) is 1. The number of hydrogen-bond donors (Lipinski definition) is 3. The fourth-order valence-electron chi connectivity index (χ4n) is 3.07. The van der Waals surface area contributed by atoms with Gasteiger partial charge in [-0.3, -0.25) is 0 Å². The number of aliphatic hydroxyl groups excluding tert-OH is 1. The topological polar surface area (TPSA) is 70.6 Å². The van der Waals surface area contributed by atoms with E-state index >= 15 is 0 Å². The van der Waals surface area contributed by atoms with Crippen LogP contribution in [0.15, 0.2) is 24.3 Å². The maximum absolute atomic E-state index is 11.8. The van der Waals surface area contributed by atoms with Crippen LogP contribution in [0.2, 0.25) is 0 Å². The second-order valence-electron chi connectivity index (χ2n) is 6.28. The molecule has 2 unspecified atom stereocenters. The Balaban J connectivity index is 1.57. The van der Waals surface area contributed by atoms with Gasteiger partial charge in [-0.15, -0.1) is 0 Å². The molecule has 2 amide bonds. The lowest BCUT2D eigenvalue weighted by molar-refractivity contribution is 0.101. The molecule has 2 atom stereocenters. The standard InChI is InChI=1S/C18H28N2O3/c1-23-17-9-3-5-14(12-17)7-4-10-19-18(22)20-13-15-6-2-8-16(21)11-15/h3,5,9,12,15-16,21H,2,4,6-8,10-11,13H2,1H3,(H2,19,20,22). The van der Waals surface area contributed by atoms with Gasteiger partial charge in [0.1, 0.15) is 5.75 Å². The third-order valence-corrected chi connectivity index (χ3v) is 4.37. The zero-order valence-corrected chi connectivity index (χ0v) is 13.9. The van der Waals surface area contributed by atoms with Crippen LogP contribution in [0.25, 0.3) is 0 Å². The Morgan fingerprint density at radius 1 is 1.35 bits per heavy atom. The molecule has 128 valence electrons. The van der Waals surface area contributed by atoms with Crippen molar-refractivity contribution in [3.63, 3.8) is 0 Å². The number of aryl methyl sites for hydroxylation is 1. The average Bonchev–Trinajstić information content (AvgIpc) is 2.57. The molecule has 23 heavy (non-hydrogen) atoms. The zero-order valence-electron chi connectivity index (χ0n) is 13.9. The molecule has 3 N–H and O–H groups in total. The number of methoxy groups -OCH3 is 1. The third kappa shape index (κ3) is 6.48. The number of rotatable bonds is 7. The molecular formula is C18H28N2O3. The van der Waals surface area contributed by atoms with E-state index < -0.39 is 0 Å². The average molecular weight is 320 g/mol. The summed E-state index contributed by atoms with van der Waals surface area (Å²) in [6.07, 6.45) is 5.45. The van der Waals surface area contributed by atoms with E-state index in [0.717, 1.165) is 44.3 Å². The predicted molar refractivity (Wildman–Crippen MR) is 90.7 cm³/mol. The maximum Gasteiger partial charge on any atom is 0.314 e. The first-order valence-corrected chi connectivity index (χ1v) is 8.50. The largest absolute Gasteiger partial charge is 0.497 e. The highest BCUT2D eigenvalue weighted by Crippen LogP contribution is 2.23. The molecule has 1 saturated carbocycles. The predicted octanol–water partition coefficient (Wildman–Crippen LogP) is 2.48. The van der Waals surface area contributed by atoms with Crippen molar-refractivity contribution in [3.05, 3.63) is 29.8 Å². The molecule has 0 aliphatic heterocycles. The number of benzene rings is 1. The van der Waals surface area contributed by atoms with Gasteiger partial charge >= 0.3 is 6.03 Å². The first kappa shape index (κ1) is 17.6. The maximum atomic E-state index is 11.8. The van der Waals surface area contributed by atoms with Crippen molar-refractivity contribution in [2.24, 2.45) is 5.92 Å². The number of carbonyl (C=O) groups is 1. The Bertz CT molecular complexity index is 493. The van der Waals surface area contributed by atoms with E-state index in [-0.39, 0.29) is 12.1 Å². The van der Waals surface area contributed by atoms with E-state index in [2.05, 4.69) is 16.7 Å². The molecule has 0 aromatic heterocycles. The smallest absolute Gasteiger partial charge is 0.314 e. The summed E-state index contributed by atoms with van der Waals surface area (Å²) in [6, 6.07) is 7.88. The molecule has 1 fully saturated rings. The SMILES string of the molecule is COc1cccc(CCCNC(=O)NCC2CCCC(O)C2)c1. The molecule has 0 bridgehead atoms. The minimum atomic E-state index is -0.193. The van der Waals surface area contributed by atoms with Gasteiger partial charge < -0.3 is 20.5 Å². The molecule has 0 radical (unpaired) electrons. The minimum Gasteiger partial charge on any atom is -0.497 e. The molecule has 1 aromatic rings. The van der Waals surface area contributed by atoms with Crippen LogP contribution in [-0.4, -0.2) is 37.4 Å². The van der Waals surface area contributed by atoms with Crippen LogP contribution in [-0.2, 0) is 6.42 Å². The summed E-state index contributed by atoms with van der Waals surface area (Å²) >= 11 is 0. The molecule has 0 spiro atoms. The van der Waals surface area contributed by atoms with Gasteiger partial charge in [0.15, 0.2) is 0 Å².